The van der Waals surface area contributed by atoms with E-state index in [1.165, 1.54) is 7.11 Å². The van der Waals surface area contributed by atoms with E-state index in [0.29, 0.717) is 12.8 Å². The van der Waals surface area contributed by atoms with E-state index in [4.69, 9.17) is 4.74 Å². The van der Waals surface area contributed by atoms with Crippen molar-refractivity contribution in [3.8, 4) is 0 Å². The maximum absolute atomic E-state index is 11.8. The predicted molar refractivity (Wildman–Crippen MR) is 63.5 cm³/mol. The molecular weight excluding hydrogens is 234 g/mol. The van der Waals surface area contributed by atoms with Crippen LogP contribution in [-0.4, -0.2) is 40.7 Å². The van der Waals surface area contributed by atoms with E-state index < -0.39 is 0 Å². The molecule has 0 unspecified atom stereocenters. The molecule has 0 saturated carbocycles. The predicted octanol–water partition coefficient (Wildman–Crippen LogP) is 0.503. The number of nitrogens with zero attached hydrogens (tertiary/aromatic N) is 3. The molecule has 1 amide bonds. The average molecular weight is 251 g/mol. The van der Waals surface area contributed by atoms with E-state index in [2.05, 4.69) is 5.10 Å². The molecule has 6 heteroatoms. The molecule has 1 aromatic rings. The lowest BCUT2D eigenvalue weighted by molar-refractivity contribution is -0.154. The molecule has 6 nitrogen and oxygen atoms in total. The maximum atomic E-state index is 11.8. The molecule has 0 bridgehead atoms. The van der Waals surface area contributed by atoms with Gasteiger partial charge in [-0.1, -0.05) is 0 Å². The summed E-state index contributed by atoms with van der Waals surface area (Å²) in [6.45, 7) is 0. The van der Waals surface area contributed by atoms with Crippen molar-refractivity contribution in [2.24, 2.45) is 13.0 Å². The number of carbonyl (C=O) groups excluding carboxylic acids is 2. The Hall–Kier alpha value is -1.85. The summed E-state index contributed by atoms with van der Waals surface area (Å²) in [4.78, 5) is 25.3. The van der Waals surface area contributed by atoms with Crippen LogP contribution in [0.1, 0.15) is 24.6 Å². The number of methoxy groups -OCH3 is 1. The number of rotatable bonds is 2. The Morgan fingerprint density at radius 2 is 2.22 bits per heavy atom. The Balaban J connectivity index is 2.38. The molecule has 1 fully saturated rings. The number of esters is 1. The van der Waals surface area contributed by atoms with Crippen LogP contribution in [0.25, 0.3) is 0 Å². The van der Waals surface area contributed by atoms with E-state index in [0.717, 1.165) is 5.69 Å². The molecule has 0 aromatic carbocycles. The fourth-order valence-corrected chi connectivity index (χ4v) is 2.52. The quantitative estimate of drug-likeness (QED) is 0.718. The molecular formula is C12H17N3O3. The third-order valence-corrected chi connectivity index (χ3v) is 3.53. The summed E-state index contributed by atoms with van der Waals surface area (Å²) in [6.07, 6.45) is 2.56. The van der Waals surface area contributed by atoms with Crippen molar-refractivity contribution >= 4 is 11.9 Å². The number of amides is 1. The van der Waals surface area contributed by atoms with Gasteiger partial charge in [0.25, 0.3) is 0 Å². The topological polar surface area (TPSA) is 64.4 Å². The smallest absolute Gasteiger partial charge is 0.311 e. The van der Waals surface area contributed by atoms with Gasteiger partial charge in [0.15, 0.2) is 0 Å². The van der Waals surface area contributed by atoms with E-state index in [-0.39, 0.29) is 23.8 Å². The van der Waals surface area contributed by atoms with Gasteiger partial charge in [-0.25, -0.2) is 0 Å². The summed E-state index contributed by atoms with van der Waals surface area (Å²) >= 11 is 0. The third-order valence-electron chi connectivity index (χ3n) is 3.53. The second-order valence-electron chi connectivity index (χ2n) is 4.50. The number of likely N-dealkylation sites (tertiary alicyclic amines) is 1. The molecule has 0 aliphatic carbocycles. The normalized spacial score (nSPS) is 24.2. The van der Waals surface area contributed by atoms with Crippen LogP contribution in [0, 0.1) is 5.92 Å². The highest BCUT2D eigenvalue weighted by atomic mass is 16.5. The van der Waals surface area contributed by atoms with Crippen molar-refractivity contribution < 1.29 is 14.3 Å². The highest BCUT2D eigenvalue weighted by Crippen LogP contribution is 2.35. The van der Waals surface area contributed by atoms with Gasteiger partial charge in [0, 0.05) is 26.7 Å². The number of aromatic nitrogens is 2. The number of aryl methyl sites for hydroxylation is 1. The largest absolute Gasteiger partial charge is 0.469 e. The van der Waals surface area contributed by atoms with Gasteiger partial charge in [-0.05, 0) is 12.5 Å². The minimum atomic E-state index is -0.326. The van der Waals surface area contributed by atoms with Crippen molar-refractivity contribution in [2.45, 2.75) is 18.9 Å². The summed E-state index contributed by atoms with van der Waals surface area (Å²) in [5, 5.41) is 4.10. The molecule has 1 aromatic heterocycles. The average Bonchev–Trinajstić information content (AvgIpc) is 2.77. The zero-order valence-electron chi connectivity index (χ0n) is 10.8. The summed E-state index contributed by atoms with van der Waals surface area (Å²) in [5.74, 6) is -0.560. The first-order valence-corrected chi connectivity index (χ1v) is 5.87. The number of hydrogen-bond acceptors (Lipinski definition) is 4. The van der Waals surface area contributed by atoms with Gasteiger partial charge in [-0.15, -0.1) is 0 Å². The standard InChI is InChI=1S/C12H17N3O3/c1-14-10(16)5-4-8(12(17)18-3)11(14)9-6-7-13-15(9)2/h6-8,11H,4-5H2,1-3H3/t8-,11-/m1/s1. The molecule has 98 valence electrons. The molecule has 0 radical (unpaired) electrons. The van der Waals surface area contributed by atoms with Crippen LogP contribution in [-0.2, 0) is 21.4 Å². The fraction of sp³-hybridized carbons (Fsp3) is 0.583. The summed E-state index contributed by atoms with van der Waals surface area (Å²) in [7, 11) is 4.89. The minimum absolute atomic E-state index is 0.0429. The lowest BCUT2D eigenvalue weighted by Crippen LogP contribution is -2.44. The lowest BCUT2D eigenvalue weighted by Gasteiger charge is -2.37. The highest BCUT2D eigenvalue weighted by molar-refractivity contribution is 5.82. The summed E-state index contributed by atoms with van der Waals surface area (Å²) < 4.78 is 6.53. The molecule has 1 aliphatic heterocycles. The highest BCUT2D eigenvalue weighted by Gasteiger charge is 2.40. The zero-order valence-corrected chi connectivity index (χ0v) is 10.8. The third kappa shape index (κ3) is 1.98. The van der Waals surface area contributed by atoms with Crippen LogP contribution >= 0.6 is 0 Å². The van der Waals surface area contributed by atoms with Crippen molar-refractivity contribution in [3.05, 3.63) is 18.0 Å². The first-order valence-electron chi connectivity index (χ1n) is 5.87. The Morgan fingerprint density at radius 1 is 1.50 bits per heavy atom. The zero-order chi connectivity index (χ0) is 13.3. The van der Waals surface area contributed by atoms with E-state index in [1.54, 1.807) is 29.9 Å². The SMILES string of the molecule is COC(=O)[C@@H]1CCC(=O)N(C)[C@H]1c1ccnn1C. The monoisotopic (exact) mass is 251 g/mol. The molecule has 0 spiro atoms. The Kier molecular flexibility index (Phi) is 3.36. The second-order valence-corrected chi connectivity index (χ2v) is 4.50. The lowest BCUT2D eigenvalue weighted by atomic mass is 9.87. The van der Waals surface area contributed by atoms with Crippen molar-refractivity contribution in [1.82, 2.24) is 14.7 Å². The van der Waals surface area contributed by atoms with Crippen LogP contribution < -0.4 is 0 Å². The Morgan fingerprint density at radius 3 is 2.78 bits per heavy atom. The van der Waals surface area contributed by atoms with Gasteiger partial charge in [0.2, 0.25) is 5.91 Å². The molecule has 1 saturated heterocycles. The molecule has 2 rings (SSSR count). The summed E-state index contributed by atoms with van der Waals surface area (Å²) in [5.41, 5.74) is 0.848. The van der Waals surface area contributed by atoms with Crippen LogP contribution in [0.5, 0.6) is 0 Å². The molecule has 0 N–H and O–H groups in total. The van der Waals surface area contributed by atoms with Gasteiger partial charge < -0.3 is 9.64 Å². The first-order chi connectivity index (χ1) is 8.56. The Bertz CT molecular complexity index is 469. The maximum Gasteiger partial charge on any atom is 0.311 e. The molecule has 2 atom stereocenters. The number of ether oxygens (including phenoxy) is 1. The van der Waals surface area contributed by atoms with Crippen molar-refractivity contribution in [2.75, 3.05) is 14.2 Å². The summed E-state index contributed by atoms with van der Waals surface area (Å²) in [6, 6.07) is 1.53. The van der Waals surface area contributed by atoms with Gasteiger partial charge in [0.05, 0.1) is 24.8 Å². The van der Waals surface area contributed by atoms with E-state index in [1.807, 2.05) is 6.07 Å². The fourth-order valence-electron chi connectivity index (χ4n) is 2.52. The van der Waals surface area contributed by atoms with E-state index in [9.17, 15) is 9.59 Å². The number of piperidine rings is 1. The van der Waals surface area contributed by atoms with Gasteiger partial charge in [-0.2, -0.15) is 5.10 Å². The Labute approximate surface area is 106 Å². The first kappa shape index (κ1) is 12.6. The van der Waals surface area contributed by atoms with E-state index >= 15 is 0 Å². The van der Waals surface area contributed by atoms with Gasteiger partial charge in [-0.3, -0.25) is 14.3 Å². The molecule has 2 heterocycles. The van der Waals surface area contributed by atoms with Gasteiger partial charge >= 0.3 is 5.97 Å². The van der Waals surface area contributed by atoms with Crippen LogP contribution in [0.3, 0.4) is 0 Å². The minimum Gasteiger partial charge on any atom is -0.469 e. The molecule has 18 heavy (non-hydrogen) atoms. The van der Waals surface area contributed by atoms with Crippen LogP contribution in [0.15, 0.2) is 12.3 Å². The number of carbonyl (C=O) groups is 2. The van der Waals surface area contributed by atoms with Crippen molar-refractivity contribution in [3.63, 3.8) is 0 Å². The molecule has 1 aliphatic rings. The van der Waals surface area contributed by atoms with Gasteiger partial charge in [0.1, 0.15) is 0 Å². The number of hydrogen-bond donors (Lipinski definition) is 0. The second kappa shape index (κ2) is 4.80. The van der Waals surface area contributed by atoms with Crippen LogP contribution in [0.4, 0.5) is 0 Å². The van der Waals surface area contributed by atoms with Crippen LogP contribution in [0.2, 0.25) is 0 Å². The van der Waals surface area contributed by atoms with Crippen molar-refractivity contribution in [1.29, 1.82) is 0 Å².